The van der Waals surface area contributed by atoms with Gasteiger partial charge in [0, 0.05) is 26.2 Å². The quantitative estimate of drug-likeness (QED) is 0.781. The Labute approximate surface area is 104 Å². The molecule has 0 aromatic heterocycles. The molecule has 0 radical (unpaired) electrons. The predicted molar refractivity (Wildman–Crippen MR) is 68.0 cm³/mol. The molecule has 0 spiro atoms. The summed E-state index contributed by atoms with van der Waals surface area (Å²) in [6, 6.07) is 0. The van der Waals surface area contributed by atoms with Crippen molar-refractivity contribution in [1.29, 1.82) is 0 Å². The Hall–Kier alpha value is -0.160. The third-order valence-electron chi connectivity index (χ3n) is 3.69. The average molecular weight is 242 g/mol. The van der Waals surface area contributed by atoms with Crippen molar-refractivity contribution in [3.63, 3.8) is 0 Å². The number of hydrogen-bond donors (Lipinski definition) is 1. The fourth-order valence-electron chi connectivity index (χ4n) is 2.87. The van der Waals surface area contributed by atoms with Crippen LogP contribution in [0.25, 0.3) is 0 Å². The van der Waals surface area contributed by atoms with Crippen molar-refractivity contribution in [1.82, 2.24) is 4.90 Å². The smallest absolute Gasteiger partial charge is 0.0828 e. The lowest BCUT2D eigenvalue weighted by atomic mass is 10.1. The zero-order chi connectivity index (χ0) is 12.1. The van der Waals surface area contributed by atoms with E-state index in [9.17, 15) is 0 Å². The first-order chi connectivity index (χ1) is 8.28. The molecule has 2 aliphatic rings. The van der Waals surface area contributed by atoms with E-state index in [4.69, 9.17) is 15.2 Å². The molecule has 4 heteroatoms. The molecule has 0 aromatic carbocycles. The van der Waals surface area contributed by atoms with E-state index >= 15 is 0 Å². The molecule has 2 rings (SSSR count). The molecule has 17 heavy (non-hydrogen) atoms. The van der Waals surface area contributed by atoms with Gasteiger partial charge in [0.15, 0.2) is 0 Å². The van der Waals surface area contributed by atoms with Gasteiger partial charge >= 0.3 is 0 Å². The van der Waals surface area contributed by atoms with Crippen molar-refractivity contribution in [2.24, 2.45) is 5.73 Å². The molecule has 0 saturated carbocycles. The standard InChI is InChI=1S/C13H26N2O2/c1-11-9-15(10-13(8-14)17-11)6-2-4-12-5-3-7-16-12/h11-13H,2-10,14H2,1H3. The third kappa shape index (κ3) is 4.21. The van der Waals surface area contributed by atoms with Gasteiger partial charge in [-0.05, 0) is 39.2 Å². The molecule has 2 aliphatic heterocycles. The predicted octanol–water partition coefficient (Wildman–Crippen LogP) is 0.994. The summed E-state index contributed by atoms with van der Waals surface area (Å²) in [6.07, 6.45) is 6.01. The van der Waals surface area contributed by atoms with Gasteiger partial charge < -0.3 is 15.2 Å². The second kappa shape index (κ2) is 6.69. The number of ether oxygens (including phenoxy) is 2. The molecule has 0 bridgehead atoms. The van der Waals surface area contributed by atoms with Crippen LogP contribution in [0.2, 0.25) is 0 Å². The molecule has 100 valence electrons. The molecule has 4 nitrogen and oxygen atoms in total. The van der Waals surface area contributed by atoms with E-state index in [1.807, 2.05) is 0 Å². The van der Waals surface area contributed by atoms with Gasteiger partial charge in [-0.2, -0.15) is 0 Å². The first kappa shape index (κ1) is 13.3. The lowest BCUT2D eigenvalue weighted by Gasteiger charge is -2.36. The number of morpholine rings is 1. The summed E-state index contributed by atoms with van der Waals surface area (Å²) in [5, 5.41) is 0. The van der Waals surface area contributed by atoms with Gasteiger partial charge in [-0.25, -0.2) is 0 Å². The van der Waals surface area contributed by atoms with Crippen LogP contribution in [0.5, 0.6) is 0 Å². The SMILES string of the molecule is CC1CN(CCCC2CCCO2)CC(CN)O1. The Kier molecular flexibility index (Phi) is 5.22. The Morgan fingerprint density at radius 3 is 2.88 bits per heavy atom. The molecule has 0 amide bonds. The van der Waals surface area contributed by atoms with Crippen molar-refractivity contribution in [3.8, 4) is 0 Å². The van der Waals surface area contributed by atoms with Crippen molar-refractivity contribution < 1.29 is 9.47 Å². The maximum absolute atomic E-state index is 5.75. The second-order valence-corrected chi connectivity index (χ2v) is 5.34. The lowest BCUT2D eigenvalue weighted by Crippen LogP contribution is -2.49. The number of nitrogens with two attached hydrogens (primary N) is 1. The Balaban J connectivity index is 1.63. The molecule has 3 atom stereocenters. The van der Waals surface area contributed by atoms with Crippen molar-refractivity contribution in [2.75, 3.05) is 32.8 Å². The minimum absolute atomic E-state index is 0.224. The van der Waals surface area contributed by atoms with E-state index in [1.165, 1.54) is 25.7 Å². The largest absolute Gasteiger partial charge is 0.378 e. The van der Waals surface area contributed by atoms with Gasteiger partial charge in [0.05, 0.1) is 18.3 Å². The summed E-state index contributed by atoms with van der Waals surface area (Å²) in [5.74, 6) is 0. The normalized spacial score (nSPS) is 35.3. The fourth-order valence-corrected chi connectivity index (χ4v) is 2.87. The Bertz CT molecular complexity index is 219. The van der Waals surface area contributed by atoms with Gasteiger partial charge in [-0.3, -0.25) is 4.90 Å². The van der Waals surface area contributed by atoms with E-state index in [0.717, 1.165) is 26.2 Å². The van der Waals surface area contributed by atoms with Gasteiger partial charge in [-0.1, -0.05) is 0 Å². The second-order valence-electron chi connectivity index (χ2n) is 5.34. The highest BCUT2D eigenvalue weighted by atomic mass is 16.5. The number of hydrogen-bond acceptors (Lipinski definition) is 4. The third-order valence-corrected chi connectivity index (χ3v) is 3.69. The molecule has 2 heterocycles. The molecular formula is C13H26N2O2. The Morgan fingerprint density at radius 2 is 2.18 bits per heavy atom. The summed E-state index contributed by atoms with van der Waals surface area (Å²) < 4.78 is 11.4. The number of rotatable bonds is 5. The van der Waals surface area contributed by atoms with Crippen LogP contribution in [-0.4, -0.2) is 56.0 Å². The topological polar surface area (TPSA) is 47.7 Å². The monoisotopic (exact) mass is 242 g/mol. The van der Waals surface area contributed by atoms with E-state index in [0.29, 0.717) is 18.8 Å². The van der Waals surface area contributed by atoms with E-state index in [2.05, 4.69) is 11.8 Å². The highest BCUT2D eigenvalue weighted by Crippen LogP contribution is 2.18. The van der Waals surface area contributed by atoms with Crippen LogP contribution < -0.4 is 5.73 Å². The summed E-state index contributed by atoms with van der Waals surface area (Å²) in [5.41, 5.74) is 5.68. The van der Waals surface area contributed by atoms with Crippen LogP contribution >= 0.6 is 0 Å². The first-order valence-corrected chi connectivity index (χ1v) is 6.97. The molecule has 2 N–H and O–H groups in total. The van der Waals surface area contributed by atoms with Crippen LogP contribution in [-0.2, 0) is 9.47 Å². The van der Waals surface area contributed by atoms with E-state index in [-0.39, 0.29) is 6.10 Å². The van der Waals surface area contributed by atoms with Gasteiger partial charge in [0.2, 0.25) is 0 Å². The fraction of sp³-hybridized carbons (Fsp3) is 1.00. The van der Waals surface area contributed by atoms with E-state index in [1.54, 1.807) is 0 Å². The van der Waals surface area contributed by atoms with Crippen molar-refractivity contribution in [2.45, 2.75) is 50.9 Å². The van der Waals surface area contributed by atoms with Gasteiger partial charge in [0.1, 0.15) is 0 Å². The van der Waals surface area contributed by atoms with Gasteiger partial charge in [-0.15, -0.1) is 0 Å². The van der Waals surface area contributed by atoms with Gasteiger partial charge in [0.25, 0.3) is 0 Å². The zero-order valence-corrected chi connectivity index (χ0v) is 10.9. The van der Waals surface area contributed by atoms with Crippen LogP contribution in [0, 0.1) is 0 Å². The molecule has 2 fully saturated rings. The summed E-state index contributed by atoms with van der Waals surface area (Å²) >= 11 is 0. The molecule has 0 aromatic rings. The highest BCUT2D eigenvalue weighted by Gasteiger charge is 2.24. The zero-order valence-electron chi connectivity index (χ0n) is 10.9. The summed E-state index contributed by atoms with van der Waals surface area (Å²) in [6.45, 7) is 6.93. The minimum Gasteiger partial charge on any atom is -0.378 e. The van der Waals surface area contributed by atoms with Crippen molar-refractivity contribution in [3.05, 3.63) is 0 Å². The molecule has 2 saturated heterocycles. The minimum atomic E-state index is 0.224. The summed E-state index contributed by atoms with van der Waals surface area (Å²) in [4.78, 5) is 2.49. The van der Waals surface area contributed by atoms with Crippen molar-refractivity contribution >= 4 is 0 Å². The summed E-state index contributed by atoms with van der Waals surface area (Å²) in [7, 11) is 0. The Morgan fingerprint density at radius 1 is 1.29 bits per heavy atom. The average Bonchev–Trinajstić information content (AvgIpc) is 2.81. The van der Waals surface area contributed by atoms with Crippen LogP contribution in [0.15, 0.2) is 0 Å². The van der Waals surface area contributed by atoms with E-state index < -0.39 is 0 Å². The maximum Gasteiger partial charge on any atom is 0.0828 e. The van der Waals surface area contributed by atoms with Crippen LogP contribution in [0.3, 0.4) is 0 Å². The lowest BCUT2D eigenvalue weighted by molar-refractivity contribution is -0.0727. The molecule has 0 aliphatic carbocycles. The number of nitrogens with zero attached hydrogens (tertiary/aromatic N) is 1. The first-order valence-electron chi connectivity index (χ1n) is 6.97. The van der Waals surface area contributed by atoms with Crippen LogP contribution in [0.1, 0.15) is 32.6 Å². The van der Waals surface area contributed by atoms with Crippen LogP contribution in [0.4, 0.5) is 0 Å². The molecule has 3 unspecified atom stereocenters. The maximum atomic E-state index is 5.75. The molecular weight excluding hydrogens is 216 g/mol. The highest BCUT2D eigenvalue weighted by molar-refractivity contribution is 4.76.